The summed E-state index contributed by atoms with van der Waals surface area (Å²) >= 11 is 0. The first-order valence-corrected chi connectivity index (χ1v) is 9.76. The molecule has 1 unspecified atom stereocenters. The Labute approximate surface area is 170 Å². The average molecular weight is 388 g/mol. The number of aromatic nitrogens is 2. The Kier molecular flexibility index (Phi) is 5.16. The van der Waals surface area contributed by atoms with Gasteiger partial charge in [0.05, 0.1) is 12.0 Å². The van der Waals surface area contributed by atoms with E-state index in [1.165, 1.54) is 0 Å². The third-order valence-electron chi connectivity index (χ3n) is 5.54. The van der Waals surface area contributed by atoms with E-state index in [0.29, 0.717) is 25.2 Å². The van der Waals surface area contributed by atoms with Crippen LogP contribution < -0.4 is 10.2 Å². The van der Waals surface area contributed by atoms with Crippen LogP contribution in [-0.2, 0) is 22.6 Å². The fraction of sp³-hybridized carbons (Fsp3) is 0.261. The predicted octanol–water partition coefficient (Wildman–Crippen LogP) is 3.40. The molecule has 2 aromatic carbocycles. The van der Waals surface area contributed by atoms with Crippen LogP contribution in [-0.4, -0.2) is 28.4 Å². The minimum atomic E-state index is -0.730. The van der Waals surface area contributed by atoms with Gasteiger partial charge in [-0.3, -0.25) is 9.59 Å². The lowest BCUT2D eigenvalue weighted by atomic mass is 9.99. The van der Waals surface area contributed by atoms with Gasteiger partial charge in [-0.15, -0.1) is 0 Å². The monoisotopic (exact) mass is 388 g/mol. The van der Waals surface area contributed by atoms with Crippen molar-refractivity contribution in [3.8, 4) is 0 Å². The van der Waals surface area contributed by atoms with Crippen LogP contribution in [0.25, 0.3) is 0 Å². The minimum Gasteiger partial charge on any atom is -0.328 e. The van der Waals surface area contributed by atoms with Crippen LogP contribution in [0.15, 0.2) is 60.9 Å². The number of anilines is 2. The lowest BCUT2D eigenvalue weighted by molar-refractivity contribution is -0.130. The molecule has 0 radical (unpaired) electrons. The summed E-state index contributed by atoms with van der Waals surface area (Å²) < 4.78 is 1.99. The highest BCUT2D eigenvalue weighted by Crippen LogP contribution is 2.29. The van der Waals surface area contributed by atoms with E-state index in [-0.39, 0.29) is 11.8 Å². The molecule has 6 nitrogen and oxygen atoms in total. The van der Waals surface area contributed by atoms with Gasteiger partial charge in [0.25, 0.3) is 0 Å². The first-order chi connectivity index (χ1) is 14.0. The fourth-order valence-corrected chi connectivity index (χ4v) is 3.78. The normalized spacial score (nSPS) is 16.3. The zero-order chi connectivity index (χ0) is 20.4. The molecule has 1 N–H and O–H groups in total. The molecule has 0 saturated carbocycles. The fourth-order valence-electron chi connectivity index (χ4n) is 3.78. The van der Waals surface area contributed by atoms with Gasteiger partial charge < -0.3 is 14.8 Å². The van der Waals surface area contributed by atoms with Crippen LogP contribution in [0.5, 0.6) is 0 Å². The number of hydrogen-bond donors (Lipinski definition) is 1. The molecular formula is C23H24N4O2. The number of carbonyl (C=O) groups excluding carboxylic acids is 2. The molecule has 2 heterocycles. The Morgan fingerprint density at radius 3 is 2.66 bits per heavy atom. The second kappa shape index (κ2) is 7.91. The summed E-state index contributed by atoms with van der Waals surface area (Å²) in [6.07, 6.45) is 2.89. The first kappa shape index (κ1) is 18.9. The third-order valence-corrected chi connectivity index (χ3v) is 5.54. The molecule has 0 saturated heterocycles. The lowest BCUT2D eigenvalue weighted by Gasteiger charge is -2.20. The van der Waals surface area contributed by atoms with Crippen LogP contribution in [0.4, 0.5) is 11.5 Å². The van der Waals surface area contributed by atoms with Crippen LogP contribution in [0.1, 0.15) is 23.2 Å². The Morgan fingerprint density at radius 2 is 1.86 bits per heavy atom. The molecular weight excluding hydrogens is 364 g/mol. The van der Waals surface area contributed by atoms with E-state index in [2.05, 4.69) is 22.4 Å². The third kappa shape index (κ3) is 3.78. The maximum atomic E-state index is 12.9. The molecule has 4 rings (SSSR count). The molecule has 1 aliphatic rings. The SMILES string of the molecule is Cc1c(NC(=O)C2CCc3ccccc3N(C)C2=O)ncn1Cc1ccccc1. The smallest absolute Gasteiger partial charge is 0.239 e. The summed E-state index contributed by atoms with van der Waals surface area (Å²) in [7, 11) is 1.73. The predicted molar refractivity (Wildman–Crippen MR) is 113 cm³/mol. The van der Waals surface area contributed by atoms with Crippen molar-refractivity contribution in [2.45, 2.75) is 26.3 Å². The molecule has 6 heteroatoms. The number of imidazole rings is 1. The van der Waals surface area contributed by atoms with E-state index in [4.69, 9.17) is 0 Å². The van der Waals surface area contributed by atoms with Gasteiger partial charge in [-0.1, -0.05) is 48.5 Å². The number of benzene rings is 2. The van der Waals surface area contributed by atoms with Crippen molar-refractivity contribution in [1.82, 2.24) is 9.55 Å². The number of carbonyl (C=O) groups is 2. The molecule has 1 atom stereocenters. The van der Waals surface area contributed by atoms with Gasteiger partial charge in [-0.25, -0.2) is 4.98 Å². The zero-order valence-electron chi connectivity index (χ0n) is 16.6. The summed E-state index contributed by atoms with van der Waals surface area (Å²) in [5.41, 5.74) is 3.97. The van der Waals surface area contributed by atoms with Gasteiger partial charge in [0.2, 0.25) is 11.8 Å². The van der Waals surface area contributed by atoms with Crippen molar-refractivity contribution in [3.05, 3.63) is 77.7 Å². The number of hydrogen-bond acceptors (Lipinski definition) is 3. The maximum Gasteiger partial charge on any atom is 0.239 e. The highest BCUT2D eigenvalue weighted by molar-refractivity contribution is 6.12. The largest absolute Gasteiger partial charge is 0.328 e. The number of nitrogens with one attached hydrogen (secondary N) is 1. The number of fused-ring (bicyclic) bond motifs is 1. The maximum absolute atomic E-state index is 12.9. The quantitative estimate of drug-likeness (QED) is 0.697. The topological polar surface area (TPSA) is 67.2 Å². The van der Waals surface area contributed by atoms with Crippen LogP contribution in [0.3, 0.4) is 0 Å². The second-order valence-electron chi connectivity index (χ2n) is 7.40. The summed E-state index contributed by atoms with van der Waals surface area (Å²) in [6, 6.07) is 17.9. The van der Waals surface area contributed by atoms with E-state index >= 15 is 0 Å². The van der Waals surface area contributed by atoms with Crippen molar-refractivity contribution in [3.63, 3.8) is 0 Å². The minimum absolute atomic E-state index is 0.186. The van der Waals surface area contributed by atoms with E-state index in [1.54, 1.807) is 18.3 Å². The Morgan fingerprint density at radius 1 is 1.14 bits per heavy atom. The standard InChI is InChI=1S/C23H24N4O2/c1-16-21(24-15-27(16)14-17-8-4-3-5-9-17)25-22(28)19-13-12-18-10-6-7-11-20(18)26(2)23(19)29/h3-11,15,19H,12-14H2,1-2H3,(H,25,28). The van der Waals surface area contributed by atoms with E-state index in [0.717, 1.165) is 22.5 Å². The van der Waals surface area contributed by atoms with Crippen molar-refractivity contribution in [2.75, 3.05) is 17.3 Å². The molecule has 0 aliphatic carbocycles. The van der Waals surface area contributed by atoms with Crippen LogP contribution in [0.2, 0.25) is 0 Å². The first-order valence-electron chi connectivity index (χ1n) is 9.76. The highest BCUT2D eigenvalue weighted by Gasteiger charge is 2.33. The zero-order valence-corrected chi connectivity index (χ0v) is 16.6. The van der Waals surface area contributed by atoms with Crippen molar-refractivity contribution in [1.29, 1.82) is 0 Å². The van der Waals surface area contributed by atoms with Crippen LogP contribution in [0, 0.1) is 12.8 Å². The summed E-state index contributed by atoms with van der Waals surface area (Å²) in [6.45, 7) is 2.60. The molecule has 0 spiro atoms. The highest BCUT2D eigenvalue weighted by atomic mass is 16.2. The Hall–Kier alpha value is -3.41. The van der Waals surface area contributed by atoms with Crippen molar-refractivity contribution in [2.24, 2.45) is 5.92 Å². The van der Waals surface area contributed by atoms with Gasteiger partial charge in [0.1, 0.15) is 5.92 Å². The Bertz CT molecular complexity index is 1040. The molecule has 2 amide bonds. The molecule has 1 aliphatic heterocycles. The summed E-state index contributed by atoms with van der Waals surface area (Å²) in [4.78, 5) is 31.8. The van der Waals surface area contributed by atoms with Gasteiger partial charge in [-0.05, 0) is 37.0 Å². The number of nitrogens with zero attached hydrogens (tertiary/aromatic N) is 3. The van der Waals surface area contributed by atoms with Crippen molar-refractivity contribution < 1.29 is 9.59 Å². The number of rotatable bonds is 4. The van der Waals surface area contributed by atoms with Crippen LogP contribution >= 0.6 is 0 Å². The lowest BCUT2D eigenvalue weighted by Crippen LogP contribution is -2.38. The van der Waals surface area contributed by atoms with Gasteiger partial charge >= 0.3 is 0 Å². The number of para-hydroxylation sites is 1. The van der Waals surface area contributed by atoms with Gasteiger partial charge in [-0.2, -0.15) is 0 Å². The van der Waals surface area contributed by atoms with E-state index in [1.807, 2.05) is 54.0 Å². The van der Waals surface area contributed by atoms with Gasteiger partial charge in [0.15, 0.2) is 5.82 Å². The van der Waals surface area contributed by atoms with E-state index < -0.39 is 5.92 Å². The molecule has 3 aromatic rings. The summed E-state index contributed by atoms with van der Waals surface area (Å²) in [5, 5.41) is 2.87. The second-order valence-corrected chi connectivity index (χ2v) is 7.40. The van der Waals surface area contributed by atoms with E-state index in [9.17, 15) is 9.59 Å². The molecule has 1 aromatic heterocycles. The molecule has 0 bridgehead atoms. The number of amides is 2. The Balaban J connectivity index is 1.49. The molecule has 0 fully saturated rings. The molecule has 148 valence electrons. The molecule has 29 heavy (non-hydrogen) atoms. The van der Waals surface area contributed by atoms with Crippen molar-refractivity contribution >= 4 is 23.3 Å². The van der Waals surface area contributed by atoms with Gasteiger partial charge in [0, 0.05) is 19.3 Å². The number of aryl methyl sites for hydroxylation is 1. The summed E-state index contributed by atoms with van der Waals surface area (Å²) in [5.74, 6) is -0.717. The average Bonchev–Trinajstić information content (AvgIpc) is 3.01.